The first-order valence-electron chi connectivity index (χ1n) is 7.15. The largest absolute Gasteiger partial charge is 0.369 e. The smallest absolute Gasteiger partial charge is 0.222 e. The number of hydrogen-bond acceptors (Lipinski definition) is 6. The summed E-state index contributed by atoms with van der Waals surface area (Å²) in [7, 11) is 0. The minimum Gasteiger partial charge on any atom is -0.369 e. The van der Waals surface area contributed by atoms with Crippen LogP contribution in [0.25, 0.3) is 0 Å². The molecule has 0 atom stereocenters. The van der Waals surface area contributed by atoms with Gasteiger partial charge in [0.1, 0.15) is 17.5 Å². The lowest BCUT2D eigenvalue weighted by Gasteiger charge is -2.20. The topological polar surface area (TPSA) is 105 Å². The van der Waals surface area contributed by atoms with Crippen molar-refractivity contribution in [3.8, 4) is 0 Å². The zero-order valence-electron chi connectivity index (χ0n) is 13.5. The van der Waals surface area contributed by atoms with Gasteiger partial charge in [-0.05, 0) is 27.7 Å². The van der Waals surface area contributed by atoms with Crippen LogP contribution in [0.3, 0.4) is 0 Å². The number of nitrogens with two attached hydrogens (primary N) is 1. The van der Waals surface area contributed by atoms with E-state index in [0.717, 1.165) is 5.56 Å². The maximum atomic E-state index is 11.8. The molecule has 0 unspecified atom stereocenters. The molecule has 0 radical (unpaired) electrons. The molecule has 0 fully saturated rings. The van der Waals surface area contributed by atoms with Crippen LogP contribution in [-0.4, -0.2) is 28.0 Å². The third-order valence-corrected chi connectivity index (χ3v) is 2.80. The Kier molecular flexibility index (Phi) is 5.90. The van der Waals surface area contributed by atoms with E-state index in [1.807, 2.05) is 34.6 Å². The number of carbonyl (C=O) groups excluding carboxylic acids is 1. The monoisotopic (exact) mass is 294 g/mol. The quantitative estimate of drug-likeness (QED) is 0.466. The fraction of sp³-hybridized carbons (Fsp3) is 0.643. The van der Waals surface area contributed by atoms with Crippen LogP contribution >= 0.6 is 0 Å². The van der Waals surface area contributed by atoms with Crippen molar-refractivity contribution < 1.29 is 4.79 Å². The van der Waals surface area contributed by atoms with Gasteiger partial charge in [-0.1, -0.05) is 6.92 Å². The number of amides is 1. The predicted octanol–water partition coefficient (Wildman–Crippen LogP) is 1.35. The molecule has 5 N–H and O–H groups in total. The van der Waals surface area contributed by atoms with Gasteiger partial charge in [-0.25, -0.2) is 15.8 Å². The van der Waals surface area contributed by atoms with Crippen molar-refractivity contribution in [2.24, 2.45) is 5.84 Å². The van der Waals surface area contributed by atoms with Crippen molar-refractivity contribution in [3.63, 3.8) is 0 Å². The van der Waals surface area contributed by atoms with Crippen LogP contribution in [0.5, 0.6) is 0 Å². The summed E-state index contributed by atoms with van der Waals surface area (Å²) in [6.07, 6.45) is 1.10. The fourth-order valence-electron chi connectivity index (χ4n) is 1.81. The van der Waals surface area contributed by atoms with Gasteiger partial charge in [0.15, 0.2) is 0 Å². The van der Waals surface area contributed by atoms with Gasteiger partial charge in [0, 0.05) is 30.5 Å². The van der Waals surface area contributed by atoms with E-state index in [4.69, 9.17) is 5.84 Å². The molecule has 1 aromatic heterocycles. The number of nitrogens with zero attached hydrogens (tertiary/aromatic N) is 2. The molecule has 1 amide bonds. The van der Waals surface area contributed by atoms with E-state index >= 15 is 0 Å². The Morgan fingerprint density at radius 1 is 1.24 bits per heavy atom. The molecule has 0 aliphatic rings. The number of anilines is 2. The third-order valence-electron chi connectivity index (χ3n) is 2.80. The van der Waals surface area contributed by atoms with E-state index in [-0.39, 0.29) is 11.4 Å². The molecule has 7 nitrogen and oxygen atoms in total. The highest BCUT2D eigenvalue weighted by molar-refractivity contribution is 5.77. The van der Waals surface area contributed by atoms with Crippen molar-refractivity contribution in [1.29, 1.82) is 0 Å². The lowest BCUT2D eigenvalue weighted by molar-refractivity contribution is -0.122. The third kappa shape index (κ3) is 5.55. The Hall–Kier alpha value is -1.89. The summed E-state index contributed by atoms with van der Waals surface area (Å²) in [6, 6.07) is 0. The highest BCUT2D eigenvalue weighted by atomic mass is 16.1. The number of nitrogen functional groups attached to an aromatic ring is 1. The maximum Gasteiger partial charge on any atom is 0.222 e. The molecule has 0 spiro atoms. The normalized spacial score (nSPS) is 11.1. The Balaban J connectivity index is 2.65. The van der Waals surface area contributed by atoms with Crippen molar-refractivity contribution in [2.45, 2.75) is 53.0 Å². The highest BCUT2D eigenvalue weighted by Crippen LogP contribution is 2.19. The summed E-state index contributed by atoms with van der Waals surface area (Å²) >= 11 is 0. The summed E-state index contributed by atoms with van der Waals surface area (Å²) < 4.78 is 0. The van der Waals surface area contributed by atoms with E-state index in [1.54, 1.807) is 0 Å². The second kappa shape index (κ2) is 7.21. The summed E-state index contributed by atoms with van der Waals surface area (Å²) in [5.74, 6) is 7.48. The Morgan fingerprint density at radius 2 is 1.86 bits per heavy atom. The lowest BCUT2D eigenvalue weighted by atomic mass is 10.1. The number of rotatable bonds is 6. The molecule has 0 aliphatic carbocycles. The number of aromatic nitrogens is 2. The van der Waals surface area contributed by atoms with Crippen molar-refractivity contribution in [1.82, 2.24) is 15.3 Å². The first-order valence-corrected chi connectivity index (χ1v) is 7.15. The van der Waals surface area contributed by atoms with Gasteiger partial charge in [-0.2, -0.15) is 0 Å². The van der Waals surface area contributed by atoms with Crippen molar-refractivity contribution >= 4 is 17.5 Å². The summed E-state index contributed by atoms with van der Waals surface area (Å²) in [5.41, 5.74) is 3.19. The number of nitrogens with one attached hydrogen (secondary N) is 3. The first kappa shape index (κ1) is 17.2. The van der Waals surface area contributed by atoms with E-state index in [2.05, 4.69) is 26.0 Å². The number of carbonyl (C=O) groups is 1. The number of hydrogen-bond donors (Lipinski definition) is 4. The fourth-order valence-corrected chi connectivity index (χ4v) is 1.81. The summed E-state index contributed by atoms with van der Waals surface area (Å²) in [4.78, 5) is 20.5. The zero-order chi connectivity index (χ0) is 16.0. The molecular weight excluding hydrogens is 268 g/mol. The molecule has 0 aliphatic heterocycles. The maximum absolute atomic E-state index is 11.8. The van der Waals surface area contributed by atoms with Gasteiger partial charge in [0.05, 0.1) is 0 Å². The van der Waals surface area contributed by atoms with Crippen LogP contribution in [0, 0.1) is 6.92 Å². The van der Waals surface area contributed by atoms with Gasteiger partial charge < -0.3 is 16.1 Å². The molecule has 1 heterocycles. The van der Waals surface area contributed by atoms with Crippen molar-refractivity contribution in [3.05, 3.63) is 11.4 Å². The first-order chi connectivity index (χ1) is 9.76. The lowest BCUT2D eigenvalue weighted by Crippen LogP contribution is -2.41. The van der Waals surface area contributed by atoms with Crippen LogP contribution in [0.1, 0.15) is 45.5 Å². The summed E-state index contributed by atoms with van der Waals surface area (Å²) in [5, 5.41) is 6.09. The molecule has 118 valence electrons. The van der Waals surface area contributed by atoms with E-state index < -0.39 is 0 Å². The van der Waals surface area contributed by atoms with E-state index in [9.17, 15) is 4.79 Å². The summed E-state index contributed by atoms with van der Waals surface area (Å²) in [6.45, 7) is 10.2. The van der Waals surface area contributed by atoms with Gasteiger partial charge in [-0.15, -0.1) is 0 Å². The number of hydrazine groups is 1. The molecule has 0 aromatic carbocycles. The number of aryl methyl sites for hydroxylation is 1. The molecule has 0 bridgehead atoms. The molecule has 21 heavy (non-hydrogen) atoms. The Bertz CT molecular complexity index is 495. The van der Waals surface area contributed by atoms with Gasteiger partial charge in [-0.3, -0.25) is 4.79 Å². The molecule has 7 heteroatoms. The second-order valence-corrected chi connectivity index (χ2v) is 5.93. The molecule has 0 saturated heterocycles. The van der Waals surface area contributed by atoms with Crippen LogP contribution < -0.4 is 21.9 Å². The average molecular weight is 294 g/mol. The zero-order valence-corrected chi connectivity index (χ0v) is 13.5. The van der Waals surface area contributed by atoms with Gasteiger partial charge in [0.2, 0.25) is 5.91 Å². The van der Waals surface area contributed by atoms with E-state index in [1.165, 1.54) is 0 Å². The van der Waals surface area contributed by atoms with Crippen LogP contribution in [-0.2, 0) is 11.2 Å². The van der Waals surface area contributed by atoms with Crippen molar-refractivity contribution in [2.75, 3.05) is 17.3 Å². The Labute approximate surface area is 126 Å². The average Bonchev–Trinajstić information content (AvgIpc) is 2.38. The SMILES string of the molecule is CCc1nc(NN)c(C)c(NCCC(=O)NC(C)(C)C)n1. The van der Waals surface area contributed by atoms with E-state index in [0.29, 0.717) is 36.8 Å². The minimum atomic E-state index is -0.214. The molecule has 1 aromatic rings. The second-order valence-electron chi connectivity index (χ2n) is 5.93. The molecule has 0 saturated carbocycles. The van der Waals surface area contributed by atoms with Gasteiger partial charge >= 0.3 is 0 Å². The molecule has 1 rings (SSSR count). The minimum absolute atomic E-state index is 0.00889. The van der Waals surface area contributed by atoms with Crippen LogP contribution in [0.15, 0.2) is 0 Å². The van der Waals surface area contributed by atoms with Crippen LogP contribution in [0.4, 0.5) is 11.6 Å². The predicted molar refractivity (Wildman–Crippen MR) is 85.0 cm³/mol. The van der Waals surface area contributed by atoms with Gasteiger partial charge in [0.25, 0.3) is 0 Å². The molecular formula is C14H26N6O. The standard InChI is InChI=1S/C14H26N6O/c1-6-10-17-12(9(2)13(18-10)20-15)16-8-7-11(21)19-14(3,4)5/h6-8,15H2,1-5H3,(H,19,21)(H2,16,17,18,20). The van der Waals surface area contributed by atoms with Crippen LogP contribution in [0.2, 0.25) is 0 Å². The Morgan fingerprint density at radius 3 is 2.38 bits per heavy atom. The highest BCUT2D eigenvalue weighted by Gasteiger charge is 2.14.